The molecule has 10 nitrogen and oxygen atoms in total. The van der Waals surface area contributed by atoms with Crippen LogP contribution in [-0.4, -0.2) is 49.0 Å². The molecule has 0 bridgehead atoms. The average Bonchev–Trinajstić information content (AvgIpc) is 2.68. The van der Waals surface area contributed by atoms with Gasteiger partial charge in [0.1, 0.15) is 22.8 Å². The van der Waals surface area contributed by atoms with E-state index in [4.69, 9.17) is 17.2 Å². The van der Waals surface area contributed by atoms with E-state index in [2.05, 4.69) is 0 Å². The molecule has 3 aliphatic rings. The number of rotatable bonds is 1. The summed E-state index contributed by atoms with van der Waals surface area (Å²) >= 11 is 0. The highest BCUT2D eigenvalue weighted by atomic mass is 16.3. The minimum absolute atomic E-state index is 0.0542. The molecule has 0 saturated heterocycles. The number of benzene rings is 1. The number of aromatic hydroxyl groups is 1. The van der Waals surface area contributed by atoms with Gasteiger partial charge in [0.2, 0.25) is 11.6 Å². The van der Waals surface area contributed by atoms with Crippen LogP contribution >= 0.6 is 0 Å². The Labute approximate surface area is 176 Å². The van der Waals surface area contributed by atoms with Gasteiger partial charge in [0.05, 0.1) is 11.1 Å². The number of hydrogen-bond donors (Lipinski definition) is 7. The minimum atomic E-state index is -2.83. The predicted octanol–water partition coefficient (Wildman–Crippen LogP) is -0.106. The highest BCUT2D eigenvalue weighted by Crippen LogP contribution is 2.57. The van der Waals surface area contributed by atoms with Crippen molar-refractivity contribution in [2.75, 3.05) is 5.73 Å². The predicted molar refractivity (Wildman–Crippen MR) is 108 cm³/mol. The van der Waals surface area contributed by atoms with E-state index in [1.165, 1.54) is 19.1 Å². The summed E-state index contributed by atoms with van der Waals surface area (Å²) in [6, 6.07) is 2.73. The van der Waals surface area contributed by atoms with Crippen LogP contribution in [0, 0.1) is 11.8 Å². The van der Waals surface area contributed by atoms with Crippen LogP contribution in [0.25, 0.3) is 5.76 Å². The van der Waals surface area contributed by atoms with Gasteiger partial charge in [-0.2, -0.15) is 0 Å². The second-order valence-electron chi connectivity index (χ2n) is 8.70. The number of nitrogen functional groups attached to an aromatic ring is 1. The molecule has 31 heavy (non-hydrogen) atoms. The standard InChI is InChI=1S/C21H23N3O7/c1-6-7-5-10-20(2,24)16(27)14(19(23)30)18(29)21(10,31)17(28)12(7)15(26)13-9(25)4-3-8(22)11(6)13/h3-4,6-7,10,25-27,31H,5,22,24H2,1-2H3,(H2,23,30)/t6?,7-,10+,20?,21+/m1/s1. The third-order valence-corrected chi connectivity index (χ3v) is 7.05. The van der Waals surface area contributed by atoms with Crippen molar-refractivity contribution >= 4 is 28.9 Å². The first-order chi connectivity index (χ1) is 14.3. The molecule has 0 heterocycles. The number of nitrogens with two attached hydrogens (primary N) is 3. The van der Waals surface area contributed by atoms with Crippen LogP contribution in [0.1, 0.15) is 37.3 Å². The number of Topliss-reactive ketones (excluding diaryl/α,β-unsaturated/α-hetero) is 2. The topological polar surface area (TPSA) is 210 Å². The Hall–Kier alpha value is -3.37. The van der Waals surface area contributed by atoms with Gasteiger partial charge in [-0.1, -0.05) is 6.92 Å². The van der Waals surface area contributed by atoms with Gasteiger partial charge in [-0.05, 0) is 42.9 Å². The number of carbonyl (C=O) groups is 3. The first kappa shape index (κ1) is 20.9. The van der Waals surface area contributed by atoms with Crippen LogP contribution in [0.2, 0.25) is 0 Å². The molecular formula is C21H23N3O7. The maximum absolute atomic E-state index is 13.5. The highest BCUT2D eigenvalue weighted by molar-refractivity contribution is 6.33. The summed E-state index contributed by atoms with van der Waals surface area (Å²) in [6.07, 6.45) is -0.0911. The maximum Gasteiger partial charge on any atom is 0.255 e. The number of fused-ring (bicyclic) bond motifs is 3. The number of aliphatic hydroxyl groups excluding tert-OH is 2. The minimum Gasteiger partial charge on any atom is -0.509 e. The van der Waals surface area contributed by atoms with Gasteiger partial charge < -0.3 is 37.6 Å². The zero-order valence-corrected chi connectivity index (χ0v) is 16.8. The number of hydrogen-bond acceptors (Lipinski definition) is 9. The molecular weight excluding hydrogens is 406 g/mol. The molecule has 1 aromatic rings. The van der Waals surface area contributed by atoms with Gasteiger partial charge >= 0.3 is 0 Å². The molecule has 3 aliphatic carbocycles. The van der Waals surface area contributed by atoms with E-state index < -0.39 is 63.5 Å². The summed E-state index contributed by atoms with van der Waals surface area (Å²) in [6.45, 7) is 3.02. The smallest absolute Gasteiger partial charge is 0.255 e. The SMILES string of the molecule is CC1c2c(N)ccc(O)c2C(O)=C2C(=O)[C@]3(O)C(=O)C(C(N)=O)=C(O)C(C)(N)[C@@H]3C[C@@H]21. The molecule has 4 rings (SSSR count). The quantitative estimate of drug-likeness (QED) is 0.137. The van der Waals surface area contributed by atoms with Crippen molar-refractivity contribution in [3.8, 4) is 5.75 Å². The van der Waals surface area contributed by atoms with Crippen LogP contribution in [0.4, 0.5) is 5.69 Å². The monoisotopic (exact) mass is 429 g/mol. The lowest BCUT2D eigenvalue weighted by Crippen LogP contribution is -2.71. The Morgan fingerprint density at radius 3 is 2.35 bits per heavy atom. The molecule has 0 aromatic heterocycles. The van der Waals surface area contributed by atoms with Gasteiger partial charge in [0.25, 0.3) is 5.91 Å². The van der Waals surface area contributed by atoms with E-state index in [0.29, 0.717) is 5.56 Å². The lowest BCUT2D eigenvalue weighted by Gasteiger charge is -2.52. The molecule has 1 fully saturated rings. The molecule has 164 valence electrons. The average molecular weight is 429 g/mol. The Morgan fingerprint density at radius 2 is 1.77 bits per heavy atom. The highest BCUT2D eigenvalue weighted by Gasteiger charge is 2.67. The fourth-order valence-corrected chi connectivity index (χ4v) is 5.41. The van der Waals surface area contributed by atoms with Crippen molar-refractivity contribution < 1.29 is 34.8 Å². The fourth-order valence-electron chi connectivity index (χ4n) is 5.41. The lowest BCUT2D eigenvalue weighted by atomic mass is 9.52. The van der Waals surface area contributed by atoms with Gasteiger partial charge in [-0.25, -0.2) is 0 Å². The van der Waals surface area contributed by atoms with Crippen LogP contribution in [-0.2, 0) is 14.4 Å². The lowest BCUT2D eigenvalue weighted by molar-refractivity contribution is -0.162. The number of ketones is 2. The second kappa shape index (κ2) is 6.08. The zero-order chi connectivity index (χ0) is 23.2. The number of carbonyl (C=O) groups excluding carboxylic acids is 3. The number of aliphatic hydroxyl groups is 3. The first-order valence-corrected chi connectivity index (χ1v) is 9.67. The van der Waals surface area contributed by atoms with E-state index >= 15 is 0 Å². The fraction of sp³-hybridized carbons (Fsp3) is 0.381. The van der Waals surface area contributed by atoms with Crippen LogP contribution in [0.5, 0.6) is 5.75 Å². The van der Waals surface area contributed by atoms with Gasteiger partial charge in [0, 0.05) is 17.2 Å². The summed E-state index contributed by atoms with van der Waals surface area (Å²) in [7, 11) is 0. The molecule has 1 aromatic carbocycles. The van der Waals surface area contributed by atoms with Crippen molar-refractivity contribution in [3.63, 3.8) is 0 Å². The number of amides is 1. The number of phenolic OH excluding ortho intramolecular Hbond substituents is 1. The Balaban J connectivity index is 2.02. The van der Waals surface area contributed by atoms with Crippen LogP contribution in [0.15, 0.2) is 29.0 Å². The van der Waals surface area contributed by atoms with Gasteiger partial charge in [-0.15, -0.1) is 0 Å². The van der Waals surface area contributed by atoms with E-state index in [-0.39, 0.29) is 29.0 Å². The molecule has 1 amide bonds. The molecule has 2 unspecified atom stereocenters. The van der Waals surface area contributed by atoms with Gasteiger partial charge in [-0.3, -0.25) is 14.4 Å². The molecule has 0 radical (unpaired) electrons. The van der Waals surface area contributed by atoms with Crippen molar-refractivity contribution in [3.05, 3.63) is 40.2 Å². The summed E-state index contributed by atoms with van der Waals surface area (Å²) in [5.41, 5.74) is 12.3. The second-order valence-corrected chi connectivity index (χ2v) is 8.70. The van der Waals surface area contributed by atoms with Crippen molar-refractivity contribution in [2.45, 2.75) is 37.3 Å². The first-order valence-electron chi connectivity index (χ1n) is 9.67. The van der Waals surface area contributed by atoms with Crippen molar-refractivity contribution in [1.29, 1.82) is 0 Å². The molecule has 10 N–H and O–H groups in total. The largest absolute Gasteiger partial charge is 0.509 e. The molecule has 0 spiro atoms. The Morgan fingerprint density at radius 1 is 1.16 bits per heavy atom. The van der Waals surface area contributed by atoms with Crippen molar-refractivity contribution in [1.82, 2.24) is 0 Å². The van der Waals surface area contributed by atoms with E-state index in [9.17, 15) is 34.8 Å². The molecule has 10 heteroatoms. The number of primary amides is 1. The third-order valence-electron chi connectivity index (χ3n) is 7.05. The van der Waals surface area contributed by atoms with E-state index in [1.807, 2.05) is 0 Å². The number of anilines is 1. The van der Waals surface area contributed by atoms with Gasteiger partial charge in [0.15, 0.2) is 5.60 Å². The normalized spacial score (nSPS) is 34.9. The Bertz CT molecular complexity index is 1150. The molecule has 0 aliphatic heterocycles. The zero-order valence-electron chi connectivity index (χ0n) is 16.8. The number of phenols is 1. The molecule has 1 saturated carbocycles. The molecule has 5 atom stereocenters. The third kappa shape index (κ3) is 2.31. The van der Waals surface area contributed by atoms with Crippen LogP contribution in [0.3, 0.4) is 0 Å². The Kier molecular flexibility index (Phi) is 4.10. The van der Waals surface area contributed by atoms with E-state index in [1.54, 1.807) is 6.92 Å². The maximum atomic E-state index is 13.5. The van der Waals surface area contributed by atoms with Crippen molar-refractivity contribution in [2.24, 2.45) is 23.3 Å². The van der Waals surface area contributed by atoms with Crippen LogP contribution < -0.4 is 17.2 Å². The summed E-state index contributed by atoms with van der Waals surface area (Å²) in [5.74, 6) is -8.14. The summed E-state index contributed by atoms with van der Waals surface area (Å²) in [5, 5.41) is 43.1. The van der Waals surface area contributed by atoms with E-state index in [0.717, 1.165) is 0 Å². The summed E-state index contributed by atoms with van der Waals surface area (Å²) in [4.78, 5) is 38.4. The summed E-state index contributed by atoms with van der Waals surface area (Å²) < 4.78 is 0.